The molecule has 1 heteroatoms. The number of hydrogen-bond donors (Lipinski definition) is 1. The van der Waals surface area contributed by atoms with Crippen molar-refractivity contribution >= 4 is 0 Å². The molecule has 1 aliphatic heterocycles. The quantitative estimate of drug-likeness (QED) is 0.617. The summed E-state index contributed by atoms with van der Waals surface area (Å²) in [7, 11) is 0. The van der Waals surface area contributed by atoms with Crippen molar-refractivity contribution in [3.05, 3.63) is 0 Å². The van der Waals surface area contributed by atoms with Gasteiger partial charge in [-0.3, -0.25) is 0 Å². The topological polar surface area (TPSA) is 12.0 Å². The highest BCUT2D eigenvalue weighted by Crippen LogP contribution is 2.18. The molecule has 0 spiro atoms. The molecule has 1 nitrogen and oxygen atoms in total. The fraction of sp³-hybridized carbons (Fsp3) is 1.00. The minimum atomic E-state index is 0.792. The highest BCUT2D eigenvalue weighted by atomic mass is 14.9. The maximum absolute atomic E-state index is 3.51. The molecule has 1 fully saturated rings. The van der Waals surface area contributed by atoms with Gasteiger partial charge in [0.2, 0.25) is 0 Å². The molecule has 0 aliphatic carbocycles. The zero-order valence-corrected chi connectivity index (χ0v) is 8.65. The highest BCUT2D eigenvalue weighted by molar-refractivity contribution is 4.80. The van der Waals surface area contributed by atoms with E-state index in [1.807, 2.05) is 13.8 Å². The van der Waals surface area contributed by atoms with Crippen LogP contribution in [0.15, 0.2) is 0 Å². The predicted molar refractivity (Wildman–Crippen MR) is 51.8 cm³/mol. The van der Waals surface area contributed by atoms with Gasteiger partial charge >= 0.3 is 0 Å². The average Bonchev–Trinajstić information content (AvgIpc) is 2.40. The largest absolute Gasteiger partial charge is 0.313 e. The molecule has 2 unspecified atom stereocenters. The molecule has 1 rings (SSSR count). The molecular formula is C10H23N. The third-order valence-electron chi connectivity index (χ3n) is 2.19. The van der Waals surface area contributed by atoms with E-state index in [4.69, 9.17) is 0 Å². The first kappa shape index (κ1) is 11.0. The monoisotopic (exact) mass is 157 g/mol. The average molecular weight is 157 g/mol. The van der Waals surface area contributed by atoms with E-state index in [0.29, 0.717) is 0 Å². The zero-order valence-electron chi connectivity index (χ0n) is 8.65. The van der Waals surface area contributed by atoms with Crippen molar-refractivity contribution in [2.45, 2.75) is 47.1 Å². The Morgan fingerprint density at radius 2 is 1.82 bits per heavy atom. The molecule has 0 bridgehead atoms. The van der Waals surface area contributed by atoms with Crippen molar-refractivity contribution in [2.24, 2.45) is 11.8 Å². The lowest BCUT2D eigenvalue weighted by atomic mass is 9.99. The predicted octanol–water partition coefficient (Wildman–Crippen LogP) is 2.67. The minimum Gasteiger partial charge on any atom is -0.313 e. The normalized spacial score (nSPS) is 30.0. The molecule has 11 heavy (non-hydrogen) atoms. The van der Waals surface area contributed by atoms with Gasteiger partial charge in [-0.1, -0.05) is 34.6 Å². The summed E-state index contributed by atoms with van der Waals surface area (Å²) in [5.74, 6) is 1.72. The summed E-state index contributed by atoms with van der Waals surface area (Å²) >= 11 is 0. The Hall–Kier alpha value is -0.0400. The van der Waals surface area contributed by atoms with Gasteiger partial charge in [-0.25, -0.2) is 0 Å². The van der Waals surface area contributed by atoms with Crippen molar-refractivity contribution in [3.63, 3.8) is 0 Å². The lowest BCUT2D eigenvalue weighted by Crippen LogP contribution is -2.26. The third kappa shape index (κ3) is 3.76. The Bertz CT molecular complexity index is 88.9. The Morgan fingerprint density at radius 1 is 1.27 bits per heavy atom. The smallest absolute Gasteiger partial charge is 0.00931 e. The number of rotatable bonds is 1. The van der Waals surface area contributed by atoms with Crippen LogP contribution < -0.4 is 5.32 Å². The summed E-state index contributed by atoms with van der Waals surface area (Å²) in [5.41, 5.74) is 0. The van der Waals surface area contributed by atoms with Crippen molar-refractivity contribution in [1.29, 1.82) is 0 Å². The van der Waals surface area contributed by atoms with Gasteiger partial charge < -0.3 is 5.32 Å². The second kappa shape index (κ2) is 5.59. The third-order valence-corrected chi connectivity index (χ3v) is 2.19. The van der Waals surface area contributed by atoms with Gasteiger partial charge in [0.25, 0.3) is 0 Å². The second-order valence-electron chi connectivity index (χ2n) is 3.60. The van der Waals surface area contributed by atoms with Gasteiger partial charge in [-0.05, 0) is 24.8 Å². The van der Waals surface area contributed by atoms with E-state index < -0.39 is 0 Å². The number of nitrogens with one attached hydrogen (secondary N) is 1. The molecule has 1 aliphatic rings. The minimum absolute atomic E-state index is 0.792. The van der Waals surface area contributed by atoms with Gasteiger partial charge in [-0.2, -0.15) is 0 Å². The highest BCUT2D eigenvalue weighted by Gasteiger charge is 2.22. The van der Waals surface area contributed by atoms with Crippen LogP contribution in [0.1, 0.15) is 41.0 Å². The fourth-order valence-electron chi connectivity index (χ4n) is 1.46. The van der Waals surface area contributed by atoms with Crippen LogP contribution in [0.4, 0.5) is 0 Å². The molecule has 0 saturated carbocycles. The molecule has 0 aromatic heterocycles. The van der Waals surface area contributed by atoms with Crippen LogP contribution in [-0.2, 0) is 0 Å². The van der Waals surface area contributed by atoms with Crippen LogP contribution in [0.2, 0.25) is 0 Å². The fourth-order valence-corrected chi connectivity index (χ4v) is 1.46. The van der Waals surface area contributed by atoms with Gasteiger partial charge in [0, 0.05) is 6.04 Å². The summed E-state index contributed by atoms with van der Waals surface area (Å²) in [6, 6.07) is 0.792. The first-order chi connectivity index (χ1) is 5.20. The van der Waals surface area contributed by atoms with Crippen molar-refractivity contribution in [3.8, 4) is 0 Å². The molecule has 0 amide bonds. The van der Waals surface area contributed by atoms with E-state index in [2.05, 4.69) is 26.1 Å². The van der Waals surface area contributed by atoms with Gasteiger partial charge in [0.05, 0.1) is 0 Å². The van der Waals surface area contributed by atoms with Crippen LogP contribution in [-0.4, -0.2) is 12.6 Å². The lowest BCUT2D eigenvalue weighted by molar-refractivity contribution is 0.444. The standard InChI is InChI=1S/C8H17N.C2H6/c1-6(2)8-4-7(3)5-9-8;1-2/h6-9H,4-5H2,1-3H3;1-2H3. The molecule has 0 aromatic rings. The number of hydrogen-bond acceptors (Lipinski definition) is 1. The van der Waals surface area contributed by atoms with E-state index >= 15 is 0 Å². The Morgan fingerprint density at radius 3 is 2.00 bits per heavy atom. The van der Waals surface area contributed by atoms with E-state index in [1.54, 1.807) is 0 Å². The van der Waals surface area contributed by atoms with E-state index in [0.717, 1.165) is 17.9 Å². The van der Waals surface area contributed by atoms with Crippen LogP contribution >= 0.6 is 0 Å². The summed E-state index contributed by atoms with van der Waals surface area (Å²) < 4.78 is 0. The Kier molecular flexibility index (Phi) is 5.57. The van der Waals surface area contributed by atoms with Gasteiger partial charge in [-0.15, -0.1) is 0 Å². The second-order valence-corrected chi connectivity index (χ2v) is 3.60. The van der Waals surface area contributed by atoms with Crippen LogP contribution in [0.25, 0.3) is 0 Å². The maximum Gasteiger partial charge on any atom is 0.00931 e. The molecule has 1 saturated heterocycles. The Labute approximate surface area is 71.6 Å². The molecular weight excluding hydrogens is 134 g/mol. The molecule has 0 radical (unpaired) electrons. The first-order valence-corrected chi connectivity index (χ1v) is 4.93. The maximum atomic E-state index is 3.51. The Balaban J connectivity index is 0.000000461. The molecule has 1 N–H and O–H groups in total. The van der Waals surface area contributed by atoms with Gasteiger partial charge in [0.15, 0.2) is 0 Å². The van der Waals surface area contributed by atoms with E-state index in [1.165, 1.54) is 13.0 Å². The van der Waals surface area contributed by atoms with Gasteiger partial charge in [0.1, 0.15) is 0 Å². The van der Waals surface area contributed by atoms with Crippen molar-refractivity contribution in [1.82, 2.24) is 5.32 Å². The molecule has 68 valence electrons. The van der Waals surface area contributed by atoms with Crippen LogP contribution in [0.5, 0.6) is 0 Å². The zero-order chi connectivity index (χ0) is 8.85. The summed E-state index contributed by atoms with van der Waals surface area (Å²) in [5, 5.41) is 3.51. The van der Waals surface area contributed by atoms with E-state index in [9.17, 15) is 0 Å². The van der Waals surface area contributed by atoms with Crippen LogP contribution in [0.3, 0.4) is 0 Å². The SMILES string of the molecule is CC.CC1CNC(C(C)C)C1. The lowest BCUT2D eigenvalue weighted by Gasteiger charge is -2.13. The van der Waals surface area contributed by atoms with Crippen LogP contribution in [0, 0.1) is 11.8 Å². The molecule has 1 heterocycles. The first-order valence-electron chi connectivity index (χ1n) is 4.93. The van der Waals surface area contributed by atoms with Crippen molar-refractivity contribution in [2.75, 3.05) is 6.54 Å². The summed E-state index contributed by atoms with van der Waals surface area (Å²) in [6.45, 7) is 12.1. The van der Waals surface area contributed by atoms with Crippen molar-refractivity contribution < 1.29 is 0 Å². The molecule has 0 aromatic carbocycles. The summed E-state index contributed by atoms with van der Waals surface area (Å²) in [6.07, 6.45) is 1.37. The van der Waals surface area contributed by atoms with E-state index in [-0.39, 0.29) is 0 Å². The molecule has 2 atom stereocenters. The summed E-state index contributed by atoms with van der Waals surface area (Å²) in [4.78, 5) is 0.